The monoisotopic (exact) mass is 374 g/mol. The first-order chi connectivity index (χ1) is 13.6. The van der Waals surface area contributed by atoms with Crippen molar-refractivity contribution in [1.29, 1.82) is 0 Å². The number of carbonyl (C=O) groups excluding carboxylic acids is 2. The largest absolute Gasteiger partial charge is 0.349 e. The van der Waals surface area contributed by atoms with Gasteiger partial charge in [0, 0.05) is 10.9 Å². The van der Waals surface area contributed by atoms with Gasteiger partial charge in [-0.1, -0.05) is 42.3 Å². The number of fused-ring (bicyclic) bond motifs is 1. The highest BCUT2D eigenvalue weighted by Gasteiger charge is 2.12. The number of hydrogen-bond acceptors (Lipinski definition) is 4. The summed E-state index contributed by atoms with van der Waals surface area (Å²) in [6, 6.07) is 15.6. The van der Waals surface area contributed by atoms with E-state index in [1.807, 2.05) is 0 Å². The van der Waals surface area contributed by atoms with Gasteiger partial charge in [0.05, 0.1) is 24.2 Å². The fraction of sp³-hybridized carbons (Fsp3) is 0.143. The van der Waals surface area contributed by atoms with Crippen molar-refractivity contribution in [3.8, 4) is 12.3 Å². The molecule has 140 valence electrons. The summed E-state index contributed by atoms with van der Waals surface area (Å²) < 4.78 is 1.20. The van der Waals surface area contributed by atoms with Gasteiger partial charge in [-0.05, 0) is 18.2 Å². The number of carbonyl (C=O) groups is 2. The highest BCUT2D eigenvalue weighted by atomic mass is 16.2. The molecule has 1 heterocycles. The Morgan fingerprint density at radius 2 is 1.68 bits per heavy atom. The summed E-state index contributed by atoms with van der Waals surface area (Å²) >= 11 is 0. The molecule has 3 aromatic rings. The fourth-order valence-electron chi connectivity index (χ4n) is 2.73. The molecular weight excluding hydrogens is 356 g/mol. The van der Waals surface area contributed by atoms with Crippen molar-refractivity contribution in [2.45, 2.75) is 13.1 Å². The lowest BCUT2D eigenvalue weighted by molar-refractivity contribution is -0.120. The second-order valence-electron chi connectivity index (χ2n) is 5.98. The lowest BCUT2D eigenvalue weighted by atomic mass is 10.1. The Morgan fingerprint density at radius 1 is 1.00 bits per heavy atom. The molecule has 0 spiro atoms. The molecule has 0 unspecified atom stereocenters. The standard InChI is InChI=1S/C21H18N4O3/c1-2-12-25-21(28)17-11-7-6-10-16(17)18(24-25)13-22-19(26)14-23-20(27)15-8-4-3-5-9-15/h1,3-11H,12-14H2,(H,22,26)(H,23,27). The molecule has 0 radical (unpaired) electrons. The van der Waals surface area contributed by atoms with Gasteiger partial charge in [0.2, 0.25) is 5.91 Å². The van der Waals surface area contributed by atoms with Gasteiger partial charge in [0.1, 0.15) is 6.54 Å². The summed E-state index contributed by atoms with van der Waals surface area (Å²) in [5, 5.41) is 10.7. The molecule has 2 N–H and O–H groups in total. The van der Waals surface area contributed by atoms with Crippen molar-refractivity contribution >= 4 is 22.6 Å². The Balaban J connectivity index is 1.69. The topological polar surface area (TPSA) is 93.1 Å². The van der Waals surface area contributed by atoms with Crippen molar-refractivity contribution in [2.75, 3.05) is 6.54 Å². The van der Waals surface area contributed by atoms with E-state index in [4.69, 9.17) is 6.42 Å². The van der Waals surface area contributed by atoms with Crippen molar-refractivity contribution in [3.05, 3.63) is 76.2 Å². The van der Waals surface area contributed by atoms with Crippen LogP contribution in [0.15, 0.2) is 59.4 Å². The van der Waals surface area contributed by atoms with E-state index in [-0.39, 0.29) is 37.0 Å². The van der Waals surface area contributed by atoms with Crippen LogP contribution in [0.3, 0.4) is 0 Å². The third kappa shape index (κ3) is 4.24. The van der Waals surface area contributed by atoms with Crippen LogP contribution in [-0.2, 0) is 17.9 Å². The number of nitrogens with one attached hydrogen (secondary N) is 2. The van der Waals surface area contributed by atoms with Gasteiger partial charge in [0.15, 0.2) is 0 Å². The van der Waals surface area contributed by atoms with Crippen LogP contribution in [0, 0.1) is 12.3 Å². The molecular formula is C21H18N4O3. The molecule has 2 aromatic carbocycles. The number of nitrogens with zero attached hydrogens (tertiary/aromatic N) is 2. The van der Waals surface area contributed by atoms with Crippen LogP contribution >= 0.6 is 0 Å². The first-order valence-electron chi connectivity index (χ1n) is 8.62. The zero-order valence-electron chi connectivity index (χ0n) is 15.0. The van der Waals surface area contributed by atoms with E-state index in [9.17, 15) is 14.4 Å². The normalized spacial score (nSPS) is 10.2. The van der Waals surface area contributed by atoms with E-state index in [2.05, 4.69) is 21.7 Å². The smallest absolute Gasteiger partial charge is 0.275 e. The maximum absolute atomic E-state index is 12.4. The van der Waals surface area contributed by atoms with Crippen LogP contribution in [0.1, 0.15) is 16.1 Å². The molecule has 28 heavy (non-hydrogen) atoms. The van der Waals surface area contributed by atoms with Crippen LogP contribution in [0.4, 0.5) is 0 Å². The molecule has 0 saturated carbocycles. The van der Waals surface area contributed by atoms with Crippen molar-refractivity contribution in [2.24, 2.45) is 0 Å². The first kappa shape index (κ1) is 18.9. The Kier molecular flexibility index (Phi) is 5.82. The SMILES string of the molecule is C#CCn1nc(CNC(=O)CNC(=O)c2ccccc2)c2ccccc2c1=O. The molecule has 0 aliphatic heterocycles. The molecule has 0 fully saturated rings. The average molecular weight is 374 g/mol. The number of benzene rings is 2. The second-order valence-corrected chi connectivity index (χ2v) is 5.98. The number of hydrogen-bond donors (Lipinski definition) is 2. The highest BCUT2D eigenvalue weighted by Crippen LogP contribution is 2.13. The Morgan fingerprint density at radius 3 is 2.39 bits per heavy atom. The maximum Gasteiger partial charge on any atom is 0.275 e. The minimum Gasteiger partial charge on any atom is -0.349 e. The summed E-state index contributed by atoms with van der Waals surface area (Å²) in [6.45, 7) is -0.0290. The van der Waals surface area contributed by atoms with E-state index < -0.39 is 0 Å². The molecule has 0 aliphatic rings. The van der Waals surface area contributed by atoms with Crippen molar-refractivity contribution < 1.29 is 9.59 Å². The first-order valence-corrected chi connectivity index (χ1v) is 8.62. The molecule has 0 bridgehead atoms. The minimum absolute atomic E-state index is 0.0394. The van der Waals surface area contributed by atoms with Gasteiger partial charge in [-0.3, -0.25) is 14.4 Å². The van der Waals surface area contributed by atoms with E-state index in [1.165, 1.54) is 4.68 Å². The molecule has 7 nitrogen and oxygen atoms in total. The van der Waals surface area contributed by atoms with Gasteiger partial charge in [-0.15, -0.1) is 6.42 Å². The quantitative estimate of drug-likeness (QED) is 0.632. The number of terminal acetylenes is 1. The van der Waals surface area contributed by atoms with E-state index in [1.54, 1.807) is 54.6 Å². The molecule has 2 amide bonds. The summed E-state index contributed by atoms with van der Waals surface area (Å²) in [6.07, 6.45) is 5.30. The minimum atomic E-state index is -0.370. The summed E-state index contributed by atoms with van der Waals surface area (Å²) in [4.78, 5) is 36.5. The second kappa shape index (κ2) is 8.64. The van der Waals surface area contributed by atoms with E-state index >= 15 is 0 Å². The molecule has 1 aromatic heterocycles. The molecule has 7 heteroatoms. The lowest BCUT2D eigenvalue weighted by Crippen LogP contribution is -2.37. The number of amides is 2. The van der Waals surface area contributed by atoms with Crippen LogP contribution < -0.4 is 16.2 Å². The lowest BCUT2D eigenvalue weighted by Gasteiger charge is -2.11. The third-order valence-electron chi connectivity index (χ3n) is 4.08. The molecule has 0 atom stereocenters. The Labute approximate surface area is 161 Å². The summed E-state index contributed by atoms with van der Waals surface area (Å²) in [5.74, 6) is 1.69. The van der Waals surface area contributed by atoms with Crippen LogP contribution in [0.25, 0.3) is 10.8 Å². The van der Waals surface area contributed by atoms with Gasteiger partial charge < -0.3 is 10.6 Å². The van der Waals surface area contributed by atoms with Crippen molar-refractivity contribution in [3.63, 3.8) is 0 Å². The van der Waals surface area contributed by atoms with Crippen LogP contribution in [-0.4, -0.2) is 28.1 Å². The zero-order valence-corrected chi connectivity index (χ0v) is 15.0. The number of aromatic nitrogens is 2. The molecule has 3 rings (SSSR count). The fourth-order valence-corrected chi connectivity index (χ4v) is 2.73. The zero-order chi connectivity index (χ0) is 19.9. The van der Waals surface area contributed by atoms with E-state index in [0.717, 1.165) is 0 Å². The summed E-state index contributed by atoms with van der Waals surface area (Å²) in [7, 11) is 0. The highest BCUT2D eigenvalue weighted by molar-refractivity contribution is 5.96. The number of rotatable bonds is 6. The van der Waals surface area contributed by atoms with Crippen LogP contribution in [0.2, 0.25) is 0 Å². The third-order valence-corrected chi connectivity index (χ3v) is 4.08. The van der Waals surface area contributed by atoms with Crippen LogP contribution in [0.5, 0.6) is 0 Å². The summed E-state index contributed by atoms with van der Waals surface area (Å²) in [5.41, 5.74) is 0.719. The van der Waals surface area contributed by atoms with Gasteiger partial charge in [0.25, 0.3) is 11.5 Å². The molecule has 0 aliphatic carbocycles. The average Bonchev–Trinajstić information content (AvgIpc) is 2.74. The Hall–Kier alpha value is -3.92. The Bertz CT molecular complexity index is 1110. The predicted molar refractivity (Wildman–Crippen MR) is 105 cm³/mol. The maximum atomic E-state index is 12.4. The molecule has 0 saturated heterocycles. The van der Waals surface area contributed by atoms with Crippen molar-refractivity contribution in [1.82, 2.24) is 20.4 Å². The predicted octanol–water partition coefficient (Wildman–Crippen LogP) is 1.08. The van der Waals surface area contributed by atoms with Gasteiger partial charge >= 0.3 is 0 Å². The van der Waals surface area contributed by atoms with E-state index in [0.29, 0.717) is 22.0 Å². The van der Waals surface area contributed by atoms with Gasteiger partial charge in [-0.25, -0.2) is 4.68 Å². The van der Waals surface area contributed by atoms with Gasteiger partial charge in [-0.2, -0.15) is 5.10 Å².